The van der Waals surface area contributed by atoms with E-state index < -0.39 is 16.5 Å². The molecule has 13 heteroatoms. The number of likely N-dealkylation sites (N-methyl/N-ethyl adjacent to an activating group) is 1. The van der Waals surface area contributed by atoms with Crippen molar-refractivity contribution in [2.45, 2.75) is 0 Å². The van der Waals surface area contributed by atoms with Gasteiger partial charge < -0.3 is 23.8 Å². The van der Waals surface area contributed by atoms with Gasteiger partial charge >= 0.3 is 0 Å². The van der Waals surface area contributed by atoms with E-state index >= 15 is 0 Å². The fraction of sp³-hybridized carbons (Fsp3) is 0.364. The summed E-state index contributed by atoms with van der Waals surface area (Å²) >= 11 is 1.24. The summed E-state index contributed by atoms with van der Waals surface area (Å²) in [6.07, 6.45) is 0. The molecule has 11 nitrogen and oxygen atoms in total. The van der Waals surface area contributed by atoms with Crippen LogP contribution in [0, 0.1) is 10.1 Å². The van der Waals surface area contributed by atoms with Gasteiger partial charge in [0.2, 0.25) is 0 Å². The maximum Gasteiger partial charge on any atom is 0.286 e. The summed E-state index contributed by atoms with van der Waals surface area (Å²) in [5, 5.41) is 12.2. The molecular weight excluding hydrogens is 500 g/mol. The molecule has 0 atom stereocenters. The number of halogens is 1. The van der Waals surface area contributed by atoms with Crippen LogP contribution in [0.4, 0.5) is 10.8 Å². The molecule has 0 spiro atoms. The lowest BCUT2D eigenvalue weighted by Crippen LogP contribution is -2.37. The predicted molar refractivity (Wildman–Crippen MR) is 136 cm³/mol. The first kappa shape index (κ1) is 27.9. The van der Waals surface area contributed by atoms with Crippen molar-refractivity contribution in [2.24, 2.45) is 0 Å². The molecule has 0 unspecified atom stereocenters. The van der Waals surface area contributed by atoms with E-state index in [1.54, 1.807) is 19.2 Å². The number of carbonyl (C=O) groups is 1. The van der Waals surface area contributed by atoms with E-state index in [1.165, 1.54) is 49.7 Å². The Balaban J connectivity index is 0.00000432. The highest BCUT2D eigenvalue weighted by Crippen LogP contribution is 2.41. The first-order chi connectivity index (χ1) is 16.2. The van der Waals surface area contributed by atoms with Crippen LogP contribution in [-0.2, 0) is 0 Å². The number of hydrogen-bond acceptors (Lipinski definition) is 10. The number of nitro benzene ring substituents is 1. The van der Waals surface area contributed by atoms with Crippen LogP contribution in [0.3, 0.4) is 0 Å². The van der Waals surface area contributed by atoms with Crippen molar-refractivity contribution in [1.29, 1.82) is 0 Å². The molecule has 0 bridgehead atoms. The number of nitro groups is 1. The maximum atomic E-state index is 13.7. The molecule has 0 aliphatic rings. The number of rotatable bonds is 10. The Morgan fingerprint density at radius 3 is 2.09 bits per heavy atom. The molecule has 0 aliphatic carbocycles. The Kier molecular flexibility index (Phi) is 9.46. The number of anilines is 1. The summed E-state index contributed by atoms with van der Waals surface area (Å²) in [4.78, 5) is 32.9. The summed E-state index contributed by atoms with van der Waals surface area (Å²) in [5.41, 5.74) is -0.000295. The molecule has 0 saturated heterocycles. The van der Waals surface area contributed by atoms with Crippen LogP contribution in [0.1, 0.15) is 10.4 Å². The highest BCUT2D eigenvalue weighted by Gasteiger charge is 2.31. The van der Waals surface area contributed by atoms with Gasteiger partial charge in [0.1, 0.15) is 27.3 Å². The van der Waals surface area contributed by atoms with E-state index in [2.05, 4.69) is 4.98 Å². The Morgan fingerprint density at radius 1 is 0.971 bits per heavy atom. The van der Waals surface area contributed by atoms with E-state index in [1.807, 2.05) is 19.0 Å². The number of aromatic nitrogens is 1. The molecule has 0 saturated carbocycles. The Morgan fingerprint density at radius 2 is 1.54 bits per heavy atom. The van der Waals surface area contributed by atoms with Gasteiger partial charge in [-0.1, -0.05) is 11.3 Å². The van der Waals surface area contributed by atoms with E-state index in [4.69, 9.17) is 18.9 Å². The van der Waals surface area contributed by atoms with Crippen LogP contribution in [0.2, 0.25) is 0 Å². The summed E-state index contributed by atoms with van der Waals surface area (Å²) in [7, 11) is 9.57. The first-order valence-electron chi connectivity index (χ1n) is 10.1. The zero-order valence-electron chi connectivity index (χ0n) is 20.2. The molecule has 3 aromatic rings. The fourth-order valence-electron chi connectivity index (χ4n) is 3.31. The second-order valence-corrected chi connectivity index (χ2v) is 8.36. The monoisotopic (exact) mass is 526 g/mol. The lowest BCUT2D eigenvalue weighted by Gasteiger charge is -2.22. The topological polar surface area (TPSA) is 117 Å². The zero-order valence-corrected chi connectivity index (χ0v) is 21.8. The van der Waals surface area contributed by atoms with Gasteiger partial charge in [-0.2, -0.15) is 0 Å². The molecular formula is C22H27ClN4O7S. The van der Waals surface area contributed by atoms with Crippen molar-refractivity contribution in [3.05, 3.63) is 39.9 Å². The van der Waals surface area contributed by atoms with E-state index in [0.717, 1.165) is 0 Å². The minimum absolute atomic E-state index is 0. The number of fused-ring (bicyclic) bond motifs is 1. The van der Waals surface area contributed by atoms with Gasteiger partial charge in [-0.3, -0.25) is 19.8 Å². The smallest absolute Gasteiger partial charge is 0.286 e. The van der Waals surface area contributed by atoms with Crippen LogP contribution in [0.15, 0.2) is 24.3 Å². The number of thiazole rings is 1. The Labute approximate surface area is 212 Å². The predicted octanol–water partition coefficient (Wildman–Crippen LogP) is 3.87. The second kappa shape index (κ2) is 11.9. The number of benzene rings is 2. The molecule has 35 heavy (non-hydrogen) atoms. The fourth-order valence-corrected chi connectivity index (χ4v) is 4.41. The van der Waals surface area contributed by atoms with Crippen molar-refractivity contribution in [3.8, 4) is 23.0 Å². The molecule has 1 heterocycles. The van der Waals surface area contributed by atoms with Crippen LogP contribution >= 0.6 is 23.7 Å². The van der Waals surface area contributed by atoms with Crippen molar-refractivity contribution >= 4 is 50.7 Å². The third-order valence-corrected chi connectivity index (χ3v) is 6.17. The Bertz CT molecular complexity index is 1180. The molecule has 2 aromatic carbocycles. The van der Waals surface area contributed by atoms with Gasteiger partial charge in [0.25, 0.3) is 11.6 Å². The average Bonchev–Trinajstić information content (AvgIpc) is 3.27. The van der Waals surface area contributed by atoms with E-state index in [-0.39, 0.29) is 36.0 Å². The average molecular weight is 527 g/mol. The second-order valence-electron chi connectivity index (χ2n) is 7.39. The minimum atomic E-state index is -0.621. The first-order valence-corrected chi connectivity index (χ1v) is 11.0. The third-order valence-electron chi connectivity index (χ3n) is 5.07. The highest BCUT2D eigenvalue weighted by atomic mass is 35.5. The van der Waals surface area contributed by atoms with E-state index in [0.29, 0.717) is 33.4 Å². The molecule has 0 radical (unpaired) electrons. The zero-order chi connectivity index (χ0) is 25.0. The number of carbonyl (C=O) groups excluding carboxylic acids is 1. The molecule has 1 aromatic heterocycles. The summed E-state index contributed by atoms with van der Waals surface area (Å²) in [6, 6.07) is 5.99. The molecule has 1 amide bonds. The van der Waals surface area contributed by atoms with Gasteiger partial charge in [-0.05, 0) is 26.2 Å². The molecule has 0 N–H and O–H groups in total. The van der Waals surface area contributed by atoms with Crippen molar-refractivity contribution in [3.63, 3.8) is 0 Å². The van der Waals surface area contributed by atoms with Crippen molar-refractivity contribution in [2.75, 3.05) is 60.5 Å². The van der Waals surface area contributed by atoms with Gasteiger partial charge in [0.05, 0.1) is 39.4 Å². The molecule has 0 fully saturated rings. The van der Waals surface area contributed by atoms with Crippen molar-refractivity contribution in [1.82, 2.24) is 9.88 Å². The summed E-state index contributed by atoms with van der Waals surface area (Å²) in [6.45, 7) is 0.735. The molecule has 0 aliphatic heterocycles. The number of ether oxygens (including phenoxy) is 4. The largest absolute Gasteiger partial charge is 0.495 e. The van der Waals surface area contributed by atoms with Crippen LogP contribution in [0.25, 0.3) is 10.2 Å². The van der Waals surface area contributed by atoms with Gasteiger partial charge in [-0.15, -0.1) is 12.4 Å². The van der Waals surface area contributed by atoms with Gasteiger partial charge in [0.15, 0.2) is 16.6 Å². The van der Waals surface area contributed by atoms with E-state index in [9.17, 15) is 14.9 Å². The van der Waals surface area contributed by atoms with Crippen LogP contribution in [0.5, 0.6) is 23.0 Å². The SMILES string of the molecule is COc1cc(C(=O)N(CCN(C)C)c2nc3c(OC)ccc(OC)c3s2)c([N+](=O)[O-])cc1OC.Cl. The minimum Gasteiger partial charge on any atom is -0.495 e. The highest BCUT2D eigenvalue weighted by molar-refractivity contribution is 7.22. The Hall–Kier alpha value is -3.35. The number of methoxy groups -OCH3 is 4. The van der Waals surface area contributed by atoms with Gasteiger partial charge in [0, 0.05) is 19.2 Å². The standard InChI is InChI=1S/C22H26N4O7S.ClH/c1-24(2)9-10-25(22-23-19-15(30-3)7-8-16(31-4)20(19)34-22)21(27)13-11-17(32-5)18(33-6)12-14(13)26(28)29;/h7-8,11-12H,9-10H2,1-6H3;1H. The number of nitrogens with zero attached hydrogens (tertiary/aromatic N) is 4. The molecule has 190 valence electrons. The van der Waals surface area contributed by atoms with Crippen LogP contribution < -0.4 is 23.8 Å². The quantitative estimate of drug-likeness (QED) is 0.286. The maximum absolute atomic E-state index is 13.7. The number of hydrogen-bond donors (Lipinski definition) is 0. The number of amides is 1. The summed E-state index contributed by atoms with van der Waals surface area (Å²) in [5.74, 6) is 0.871. The normalized spacial score (nSPS) is 10.6. The van der Waals surface area contributed by atoms with Crippen molar-refractivity contribution < 1.29 is 28.7 Å². The van der Waals surface area contributed by atoms with Gasteiger partial charge in [-0.25, -0.2) is 4.98 Å². The molecule has 3 rings (SSSR count). The third kappa shape index (κ3) is 5.66. The summed E-state index contributed by atoms with van der Waals surface area (Å²) < 4.78 is 22.0. The lowest BCUT2D eigenvalue weighted by atomic mass is 10.1. The lowest BCUT2D eigenvalue weighted by molar-refractivity contribution is -0.385. The van der Waals surface area contributed by atoms with Crippen LogP contribution in [-0.4, -0.2) is 76.3 Å².